The normalized spacial score (nSPS) is 27.8. The van der Waals surface area contributed by atoms with Gasteiger partial charge in [-0.1, -0.05) is 0 Å². The molecule has 1 N–H and O–H groups in total. The van der Waals surface area contributed by atoms with E-state index < -0.39 is 0 Å². The number of piperidine rings is 1. The number of amides is 2. The number of fused-ring (bicyclic) bond motifs is 2. The van der Waals surface area contributed by atoms with Gasteiger partial charge in [-0.05, 0) is 12.3 Å². The molecular formula is C15H20N4O3. The zero-order valence-electron chi connectivity index (χ0n) is 12.7. The molecule has 118 valence electrons. The number of ether oxygens (including phenoxy) is 1. The van der Waals surface area contributed by atoms with Crippen LogP contribution >= 0.6 is 0 Å². The van der Waals surface area contributed by atoms with Gasteiger partial charge < -0.3 is 14.5 Å². The number of aromatic amines is 1. The monoisotopic (exact) mass is 304 g/mol. The highest BCUT2D eigenvalue weighted by Crippen LogP contribution is 2.32. The lowest BCUT2D eigenvalue weighted by Gasteiger charge is -2.30. The van der Waals surface area contributed by atoms with Crippen LogP contribution in [0.25, 0.3) is 0 Å². The topological polar surface area (TPSA) is 78.5 Å². The van der Waals surface area contributed by atoms with E-state index in [1.165, 1.54) is 0 Å². The van der Waals surface area contributed by atoms with Crippen LogP contribution in [0.4, 0.5) is 0 Å². The highest BCUT2D eigenvalue weighted by atomic mass is 16.5. The fraction of sp³-hybridized carbons (Fsp3) is 0.667. The molecule has 0 aliphatic carbocycles. The first-order valence-electron chi connectivity index (χ1n) is 7.83. The van der Waals surface area contributed by atoms with Crippen molar-refractivity contribution in [2.24, 2.45) is 11.8 Å². The third-order valence-corrected chi connectivity index (χ3v) is 5.16. The van der Waals surface area contributed by atoms with Crippen LogP contribution in [-0.2, 0) is 22.6 Å². The molecular weight excluding hydrogens is 284 g/mol. The standard InChI is InChI=1S/C15H20N4O3/c1-18-4-2-9-6-19(7-10(9)14(18)20)15(21)13-11-8-22-5-3-12(11)16-17-13/h9-10H,2-8H2,1H3,(H,16,17)/t9-,10+/m1/s1. The van der Waals surface area contributed by atoms with Crippen molar-refractivity contribution in [1.82, 2.24) is 20.0 Å². The van der Waals surface area contributed by atoms with Gasteiger partial charge in [-0.2, -0.15) is 5.10 Å². The lowest BCUT2D eigenvalue weighted by Crippen LogP contribution is -2.42. The molecule has 2 amide bonds. The molecule has 3 aliphatic heterocycles. The van der Waals surface area contributed by atoms with Crippen molar-refractivity contribution in [2.45, 2.75) is 19.4 Å². The van der Waals surface area contributed by atoms with Gasteiger partial charge in [0.05, 0.1) is 19.1 Å². The molecule has 0 saturated carbocycles. The SMILES string of the molecule is CN1CC[C@@H]2CN(C(=O)c3n[nH]c4c3COCC4)C[C@@H]2C1=O. The Balaban J connectivity index is 1.55. The van der Waals surface area contributed by atoms with Crippen LogP contribution in [-0.4, -0.2) is 65.1 Å². The first-order chi connectivity index (χ1) is 10.6. The zero-order chi connectivity index (χ0) is 15.3. The van der Waals surface area contributed by atoms with Crippen molar-refractivity contribution < 1.29 is 14.3 Å². The van der Waals surface area contributed by atoms with Gasteiger partial charge in [0.1, 0.15) is 0 Å². The predicted molar refractivity (Wildman–Crippen MR) is 77.1 cm³/mol. The molecule has 4 rings (SSSR count). The van der Waals surface area contributed by atoms with E-state index in [0.29, 0.717) is 37.9 Å². The number of carbonyl (C=O) groups excluding carboxylic acids is 2. The Morgan fingerprint density at radius 3 is 3.14 bits per heavy atom. The third-order valence-electron chi connectivity index (χ3n) is 5.16. The molecule has 4 heterocycles. The largest absolute Gasteiger partial charge is 0.376 e. The van der Waals surface area contributed by atoms with Crippen molar-refractivity contribution in [3.8, 4) is 0 Å². The van der Waals surface area contributed by atoms with E-state index in [1.54, 1.807) is 9.80 Å². The quantitative estimate of drug-likeness (QED) is 0.794. The molecule has 3 aliphatic rings. The molecule has 0 spiro atoms. The van der Waals surface area contributed by atoms with Gasteiger partial charge in [-0.3, -0.25) is 14.7 Å². The average molecular weight is 304 g/mol. The molecule has 1 aromatic heterocycles. The Hall–Kier alpha value is -1.89. The Morgan fingerprint density at radius 2 is 2.27 bits per heavy atom. The Morgan fingerprint density at radius 1 is 1.41 bits per heavy atom. The number of likely N-dealkylation sites (tertiary alicyclic amines) is 2. The highest BCUT2D eigenvalue weighted by molar-refractivity contribution is 5.95. The summed E-state index contributed by atoms with van der Waals surface area (Å²) in [5.74, 6) is 0.333. The van der Waals surface area contributed by atoms with Gasteiger partial charge in [0.2, 0.25) is 5.91 Å². The van der Waals surface area contributed by atoms with Gasteiger partial charge in [-0.15, -0.1) is 0 Å². The van der Waals surface area contributed by atoms with Gasteiger partial charge in [-0.25, -0.2) is 0 Å². The maximum absolute atomic E-state index is 12.8. The second kappa shape index (κ2) is 5.08. The number of H-pyrrole nitrogens is 1. The lowest BCUT2D eigenvalue weighted by atomic mass is 9.88. The molecule has 2 fully saturated rings. The minimum absolute atomic E-state index is 0.0475. The van der Waals surface area contributed by atoms with E-state index in [0.717, 1.165) is 30.6 Å². The number of aromatic nitrogens is 2. The summed E-state index contributed by atoms with van der Waals surface area (Å²) in [7, 11) is 1.84. The van der Waals surface area contributed by atoms with Crippen LogP contribution in [0, 0.1) is 11.8 Å². The maximum Gasteiger partial charge on any atom is 0.274 e. The average Bonchev–Trinajstić information content (AvgIpc) is 3.15. The fourth-order valence-corrected chi connectivity index (χ4v) is 3.80. The minimum Gasteiger partial charge on any atom is -0.376 e. The predicted octanol–water partition coefficient (Wildman–Crippen LogP) is 0.0327. The number of nitrogens with one attached hydrogen (secondary N) is 1. The van der Waals surface area contributed by atoms with Crippen LogP contribution in [0.5, 0.6) is 0 Å². The van der Waals surface area contributed by atoms with Crippen LogP contribution in [0.15, 0.2) is 0 Å². The van der Waals surface area contributed by atoms with Crippen molar-refractivity contribution in [3.05, 3.63) is 17.0 Å². The Labute approximate surface area is 128 Å². The van der Waals surface area contributed by atoms with Crippen molar-refractivity contribution in [2.75, 3.05) is 33.3 Å². The van der Waals surface area contributed by atoms with Crippen LogP contribution in [0.2, 0.25) is 0 Å². The van der Waals surface area contributed by atoms with Crippen LogP contribution in [0.1, 0.15) is 28.2 Å². The summed E-state index contributed by atoms with van der Waals surface area (Å²) in [6, 6.07) is 0. The number of rotatable bonds is 1. The summed E-state index contributed by atoms with van der Waals surface area (Å²) in [6.45, 7) is 3.06. The number of hydrogen-bond acceptors (Lipinski definition) is 4. The summed E-state index contributed by atoms with van der Waals surface area (Å²) < 4.78 is 5.44. The van der Waals surface area contributed by atoms with Gasteiger partial charge >= 0.3 is 0 Å². The summed E-state index contributed by atoms with van der Waals surface area (Å²) >= 11 is 0. The number of hydrogen-bond donors (Lipinski definition) is 1. The molecule has 0 radical (unpaired) electrons. The molecule has 7 nitrogen and oxygen atoms in total. The smallest absolute Gasteiger partial charge is 0.274 e. The summed E-state index contributed by atoms with van der Waals surface area (Å²) in [5, 5.41) is 7.16. The second-order valence-electron chi connectivity index (χ2n) is 6.46. The fourth-order valence-electron chi connectivity index (χ4n) is 3.80. The molecule has 22 heavy (non-hydrogen) atoms. The van der Waals surface area contributed by atoms with Crippen LogP contribution < -0.4 is 0 Å². The molecule has 1 aromatic rings. The van der Waals surface area contributed by atoms with E-state index in [2.05, 4.69) is 10.2 Å². The summed E-state index contributed by atoms with van der Waals surface area (Å²) in [6.07, 6.45) is 1.74. The van der Waals surface area contributed by atoms with Crippen molar-refractivity contribution in [1.29, 1.82) is 0 Å². The van der Waals surface area contributed by atoms with E-state index in [1.807, 2.05) is 7.05 Å². The summed E-state index contributed by atoms with van der Waals surface area (Å²) in [5.41, 5.74) is 2.35. The first-order valence-corrected chi connectivity index (χ1v) is 7.83. The first kappa shape index (κ1) is 13.8. The van der Waals surface area contributed by atoms with E-state index in [9.17, 15) is 9.59 Å². The molecule has 0 unspecified atom stereocenters. The Kier molecular flexibility index (Phi) is 3.18. The van der Waals surface area contributed by atoms with Crippen LogP contribution in [0.3, 0.4) is 0 Å². The lowest BCUT2D eigenvalue weighted by molar-refractivity contribution is -0.137. The van der Waals surface area contributed by atoms with Gasteiger partial charge in [0.15, 0.2) is 5.69 Å². The van der Waals surface area contributed by atoms with Gasteiger partial charge in [0, 0.05) is 44.4 Å². The Bertz CT molecular complexity index is 626. The summed E-state index contributed by atoms with van der Waals surface area (Å²) in [4.78, 5) is 28.6. The molecule has 0 bridgehead atoms. The second-order valence-corrected chi connectivity index (χ2v) is 6.46. The van der Waals surface area contributed by atoms with E-state index in [-0.39, 0.29) is 17.7 Å². The van der Waals surface area contributed by atoms with Crippen molar-refractivity contribution in [3.63, 3.8) is 0 Å². The molecule has 2 atom stereocenters. The third kappa shape index (κ3) is 2.03. The molecule has 2 saturated heterocycles. The van der Waals surface area contributed by atoms with Gasteiger partial charge in [0.25, 0.3) is 5.91 Å². The van der Waals surface area contributed by atoms with Crippen molar-refractivity contribution >= 4 is 11.8 Å². The molecule has 7 heteroatoms. The van der Waals surface area contributed by atoms with E-state index in [4.69, 9.17) is 4.74 Å². The maximum atomic E-state index is 12.8. The van der Waals surface area contributed by atoms with E-state index >= 15 is 0 Å². The minimum atomic E-state index is -0.0761. The number of nitrogens with zero attached hydrogens (tertiary/aromatic N) is 3. The zero-order valence-corrected chi connectivity index (χ0v) is 12.7. The number of carbonyl (C=O) groups is 2. The molecule has 0 aromatic carbocycles. The highest BCUT2D eigenvalue weighted by Gasteiger charge is 2.44.